The summed E-state index contributed by atoms with van der Waals surface area (Å²) in [5.74, 6) is 0.862. The molecule has 3 aliphatic rings. The van der Waals surface area contributed by atoms with Crippen LogP contribution in [0.15, 0.2) is 42.5 Å². The monoisotopic (exact) mass is 484 g/mol. The van der Waals surface area contributed by atoms with E-state index in [0.717, 1.165) is 6.42 Å². The second-order valence-corrected chi connectivity index (χ2v) is 9.19. The number of ether oxygens (including phenoxy) is 2. The highest BCUT2D eigenvalue weighted by Crippen LogP contribution is 2.48. The summed E-state index contributed by atoms with van der Waals surface area (Å²) < 4.78 is 54.0. The maximum absolute atomic E-state index is 14.0. The maximum Gasteiger partial charge on any atom is 0.435 e. The van der Waals surface area contributed by atoms with E-state index >= 15 is 0 Å². The van der Waals surface area contributed by atoms with E-state index in [4.69, 9.17) is 9.47 Å². The van der Waals surface area contributed by atoms with Crippen molar-refractivity contribution in [3.63, 3.8) is 0 Å². The van der Waals surface area contributed by atoms with Gasteiger partial charge in [-0.3, -0.25) is 9.69 Å². The Kier molecular flexibility index (Phi) is 4.86. The molecule has 1 fully saturated rings. The summed E-state index contributed by atoms with van der Waals surface area (Å²) in [7, 11) is 3.52. The van der Waals surface area contributed by atoms with Crippen LogP contribution in [-0.2, 0) is 12.6 Å². The zero-order valence-electron chi connectivity index (χ0n) is 19.2. The third kappa shape index (κ3) is 3.46. The Bertz CT molecular complexity index is 1340. The van der Waals surface area contributed by atoms with Gasteiger partial charge in [0.1, 0.15) is 0 Å². The third-order valence-electron chi connectivity index (χ3n) is 7.28. The number of halogens is 3. The van der Waals surface area contributed by atoms with Crippen molar-refractivity contribution in [1.82, 2.24) is 14.7 Å². The Balaban J connectivity index is 1.37. The molecule has 7 nitrogen and oxygen atoms in total. The molecule has 3 aromatic rings. The molecule has 2 aromatic carbocycles. The Morgan fingerprint density at radius 2 is 1.91 bits per heavy atom. The number of aromatic nitrogens is 2. The van der Waals surface area contributed by atoms with Gasteiger partial charge in [-0.15, -0.1) is 0 Å². The van der Waals surface area contributed by atoms with Crippen LogP contribution in [0.2, 0.25) is 0 Å². The van der Waals surface area contributed by atoms with Gasteiger partial charge < -0.3 is 14.4 Å². The first-order valence-corrected chi connectivity index (χ1v) is 11.4. The van der Waals surface area contributed by atoms with Gasteiger partial charge in [0.25, 0.3) is 5.91 Å². The van der Waals surface area contributed by atoms with Crippen LogP contribution in [0.25, 0.3) is 5.69 Å². The van der Waals surface area contributed by atoms with Crippen molar-refractivity contribution < 1.29 is 27.4 Å². The first-order valence-electron chi connectivity index (χ1n) is 11.4. The highest BCUT2D eigenvalue weighted by atomic mass is 19.4. The molecular weight excluding hydrogens is 461 g/mol. The van der Waals surface area contributed by atoms with Crippen molar-refractivity contribution >= 4 is 11.6 Å². The lowest BCUT2D eigenvalue weighted by molar-refractivity contribution is -0.142. The highest BCUT2D eigenvalue weighted by Gasteiger charge is 2.48. The number of alkyl halides is 3. The van der Waals surface area contributed by atoms with Crippen molar-refractivity contribution in [2.24, 2.45) is 0 Å². The van der Waals surface area contributed by atoms with Gasteiger partial charge in [-0.25, -0.2) is 4.68 Å². The third-order valence-corrected chi connectivity index (χ3v) is 7.28. The second-order valence-electron chi connectivity index (χ2n) is 9.19. The lowest BCUT2D eigenvalue weighted by Crippen LogP contribution is -2.35. The molecule has 2 unspecified atom stereocenters. The van der Waals surface area contributed by atoms with Gasteiger partial charge in [-0.05, 0) is 50.2 Å². The number of nitrogens with zero attached hydrogens (tertiary/aromatic N) is 4. The number of anilines is 1. The van der Waals surface area contributed by atoms with Gasteiger partial charge in [0.05, 0.1) is 11.4 Å². The molecule has 35 heavy (non-hydrogen) atoms. The molecule has 4 heterocycles. The number of likely N-dealkylation sites (N-methyl/N-ethyl adjacent to an activating group) is 1. The van der Waals surface area contributed by atoms with E-state index in [0.29, 0.717) is 47.0 Å². The fourth-order valence-corrected chi connectivity index (χ4v) is 5.44. The van der Waals surface area contributed by atoms with Crippen LogP contribution in [0.1, 0.15) is 46.2 Å². The quantitative estimate of drug-likeness (QED) is 0.545. The van der Waals surface area contributed by atoms with Gasteiger partial charge in [0.15, 0.2) is 17.2 Å². The van der Waals surface area contributed by atoms with Gasteiger partial charge in [0.2, 0.25) is 6.79 Å². The molecule has 1 amide bonds. The summed E-state index contributed by atoms with van der Waals surface area (Å²) in [6.07, 6.45) is -2.53. The highest BCUT2D eigenvalue weighted by molar-refractivity contribution is 6.06. The molecule has 3 aliphatic heterocycles. The fraction of sp³-hybridized carbons (Fsp3) is 0.360. The van der Waals surface area contributed by atoms with E-state index in [1.165, 1.54) is 9.58 Å². The normalized spacial score (nSPS) is 20.7. The summed E-state index contributed by atoms with van der Waals surface area (Å²) in [6.45, 7) is 0.129. The minimum atomic E-state index is -4.56. The smallest absolute Gasteiger partial charge is 0.435 e. The lowest BCUT2D eigenvalue weighted by atomic mass is 9.97. The molecule has 182 valence electrons. The number of fused-ring (bicyclic) bond motifs is 5. The predicted molar refractivity (Wildman–Crippen MR) is 121 cm³/mol. The van der Waals surface area contributed by atoms with Gasteiger partial charge in [-0.1, -0.05) is 6.07 Å². The Hall–Kier alpha value is -3.53. The van der Waals surface area contributed by atoms with Crippen LogP contribution < -0.4 is 14.4 Å². The molecule has 0 aliphatic carbocycles. The molecule has 0 spiro atoms. The van der Waals surface area contributed by atoms with Crippen LogP contribution in [0.5, 0.6) is 11.5 Å². The zero-order valence-corrected chi connectivity index (χ0v) is 19.2. The summed E-state index contributed by atoms with van der Waals surface area (Å²) in [5.41, 5.74) is 1.40. The fourth-order valence-electron chi connectivity index (χ4n) is 5.44. The number of hydrogen-bond donors (Lipinski definition) is 0. The summed E-state index contributed by atoms with van der Waals surface area (Å²) in [5, 5.41) is 4.04. The van der Waals surface area contributed by atoms with Gasteiger partial charge in [0, 0.05) is 48.4 Å². The predicted octanol–water partition coefficient (Wildman–Crippen LogP) is 4.59. The number of hydrogen-bond acceptors (Lipinski definition) is 5. The minimum absolute atomic E-state index is 0.129. The molecule has 2 atom stereocenters. The molecular formula is C25H23F3N4O3. The van der Waals surface area contributed by atoms with Gasteiger partial charge >= 0.3 is 6.18 Å². The standard InChI is InChI=1S/C25H23F3N4O3/c1-30-15-6-8-18(30)22-19(11-15)32(29-23(22)25(26,27)28)17-5-3-4-14(10-17)24(33)31(2)16-7-9-20-21(12-16)35-13-34-20/h3-5,7,9-10,12,15,18H,6,8,11,13H2,1-2H3. The molecule has 6 rings (SSSR count). The maximum atomic E-state index is 14.0. The van der Waals surface area contributed by atoms with Crippen molar-refractivity contribution in [3.8, 4) is 17.2 Å². The number of carbonyl (C=O) groups is 1. The van der Waals surface area contributed by atoms with E-state index < -0.39 is 11.9 Å². The Labute approximate surface area is 199 Å². The number of carbonyl (C=O) groups excluding carboxylic acids is 1. The van der Waals surface area contributed by atoms with E-state index in [2.05, 4.69) is 5.10 Å². The van der Waals surface area contributed by atoms with Crippen LogP contribution >= 0.6 is 0 Å². The minimum Gasteiger partial charge on any atom is -0.454 e. The van der Waals surface area contributed by atoms with E-state index in [1.54, 1.807) is 49.5 Å². The molecule has 0 N–H and O–H groups in total. The molecule has 1 aromatic heterocycles. The largest absolute Gasteiger partial charge is 0.454 e. The average Bonchev–Trinajstić information content (AvgIpc) is 3.52. The number of amides is 1. The first kappa shape index (κ1) is 22.0. The van der Waals surface area contributed by atoms with E-state index in [9.17, 15) is 18.0 Å². The van der Waals surface area contributed by atoms with Crippen molar-refractivity contribution in [1.29, 1.82) is 0 Å². The van der Waals surface area contributed by atoms with E-state index in [-0.39, 0.29) is 30.3 Å². The topological polar surface area (TPSA) is 59.8 Å². The summed E-state index contributed by atoms with van der Waals surface area (Å²) in [6, 6.07) is 11.7. The average molecular weight is 484 g/mol. The molecule has 0 saturated carbocycles. The molecule has 1 saturated heterocycles. The molecule has 0 radical (unpaired) electrons. The van der Waals surface area contributed by atoms with Crippen molar-refractivity contribution in [2.45, 2.75) is 37.5 Å². The summed E-state index contributed by atoms with van der Waals surface area (Å²) in [4.78, 5) is 16.8. The van der Waals surface area contributed by atoms with Crippen LogP contribution in [0.3, 0.4) is 0 Å². The van der Waals surface area contributed by atoms with Gasteiger partial charge in [-0.2, -0.15) is 18.3 Å². The number of benzene rings is 2. The van der Waals surface area contributed by atoms with E-state index in [1.807, 2.05) is 11.9 Å². The van der Waals surface area contributed by atoms with Crippen LogP contribution in [-0.4, -0.2) is 47.5 Å². The van der Waals surface area contributed by atoms with Crippen molar-refractivity contribution in [2.75, 3.05) is 25.8 Å². The SMILES string of the molecule is CN(C(=O)c1cccc(-n2nc(C(F)(F)F)c3c2CC2CCC3N2C)c1)c1ccc2c(c1)OCO2. The first-order chi connectivity index (χ1) is 16.7. The van der Waals surface area contributed by atoms with Crippen LogP contribution in [0.4, 0.5) is 18.9 Å². The Morgan fingerprint density at radius 1 is 1.11 bits per heavy atom. The molecule has 10 heteroatoms. The second kappa shape index (κ2) is 7.74. The number of rotatable bonds is 3. The lowest BCUT2D eigenvalue weighted by Gasteiger charge is -2.32. The zero-order chi connectivity index (χ0) is 24.5. The molecule has 2 bridgehead atoms. The van der Waals surface area contributed by atoms with Crippen LogP contribution in [0, 0.1) is 0 Å². The Morgan fingerprint density at radius 3 is 2.71 bits per heavy atom. The van der Waals surface area contributed by atoms with Crippen molar-refractivity contribution in [3.05, 3.63) is 65.0 Å². The summed E-state index contributed by atoms with van der Waals surface area (Å²) >= 11 is 0.